The van der Waals surface area contributed by atoms with Gasteiger partial charge in [-0.2, -0.15) is 21.0 Å². The molecule has 0 amide bonds. The van der Waals surface area contributed by atoms with Crippen LogP contribution < -0.4 is 4.90 Å². The quantitative estimate of drug-likeness (QED) is 0.215. The molecule has 5 rings (SSSR count). The molecule has 0 saturated carbocycles. The molecule has 0 fully saturated rings. The zero-order chi connectivity index (χ0) is 28.8. The summed E-state index contributed by atoms with van der Waals surface area (Å²) in [6.45, 7) is 7.36. The molecule has 41 heavy (non-hydrogen) atoms. The van der Waals surface area contributed by atoms with E-state index in [1.54, 1.807) is 48.5 Å². The fraction of sp³-hybridized carbons (Fsp3) is 0. The predicted octanol–water partition coefficient (Wildman–Crippen LogP) is 8.53. The maximum atomic E-state index is 9.37. The standard InChI is InChI=1S/C35H18N6/c1-40-32-18-27(23-39)17-31(19-32)29-6-12-35(13-7-29)41(33-8-2-24(20-36)3-9-33)34-10-4-28(5-11-34)30-15-25(21-37)14-26(16-30)22-38/h2-19H. The molecule has 6 heteroatoms. The lowest BCUT2D eigenvalue weighted by Gasteiger charge is -2.26. The molecule has 6 nitrogen and oxygen atoms in total. The van der Waals surface area contributed by atoms with Crippen molar-refractivity contribution in [3.63, 3.8) is 0 Å². The SMILES string of the molecule is [C-]#[N+]c1cc(C#N)cc(-c2ccc(N(c3ccc(C#N)cc3)c3ccc(-c4cc(C#N)cc(C#N)c4)cc3)cc2)c1. The van der Waals surface area contributed by atoms with Gasteiger partial charge in [0.1, 0.15) is 0 Å². The van der Waals surface area contributed by atoms with E-state index in [-0.39, 0.29) is 0 Å². The lowest BCUT2D eigenvalue weighted by Crippen LogP contribution is -2.09. The van der Waals surface area contributed by atoms with Crippen LogP contribution in [0.4, 0.5) is 22.7 Å². The number of benzene rings is 5. The average molecular weight is 523 g/mol. The van der Waals surface area contributed by atoms with Gasteiger partial charge in [-0.25, -0.2) is 4.85 Å². The van der Waals surface area contributed by atoms with Crippen molar-refractivity contribution in [1.82, 2.24) is 0 Å². The Morgan fingerprint density at radius 2 is 0.829 bits per heavy atom. The van der Waals surface area contributed by atoms with Crippen molar-refractivity contribution >= 4 is 22.7 Å². The number of anilines is 3. The summed E-state index contributed by atoms with van der Waals surface area (Å²) < 4.78 is 0. The van der Waals surface area contributed by atoms with Gasteiger partial charge in [0.2, 0.25) is 0 Å². The predicted molar refractivity (Wildman–Crippen MR) is 157 cm³/mol. The minimum atomic E-state index is 0.407. The summed E-state index contributed by atoms with van der Waals surface area (Å²) >= 11 is 0. The Bertz CT molecular complexity index is 1790. The molecule has 0 atom stereocenters. The van der Waals surface area contributed by atoms with E-state index in [1.165, 1.54) is 0 Å². The summed E-state index contributed by atoms with van der Waals surface area (Å²) in [4.78, 5) is 5.54. The number of nitriles is 4. The first-order valence-electron chi connectivity index (χ1n) is 12.4. The number of nitrogens with zero attached hydrogens (tertiary/aromatic N) is 6. The highest BCUT2D eigenvalue weighted by molar-refractivity contribution is 5.81. The maximum absolute atomic E-state index is 9.37. The van der Waals surface area contributed by atoms with Gasteiger partial charge in [-0.1, -0.05) is 24.3 Å². The summed E-state index contributed by atoms with van der Waals surface area (Å²) in [5, 5.41) is 37.4. The Hall–Kier alpha value is -6.65. The lowest BCUT2D eigenvalue weighted by atomic mass is 9.99. The van der Waals surface area contributed by atoms with E-state index in [9.17, 15) is 21.0 Å². The van der Waals surface area contributed by atoms with Crippen LogP contribution >= 0.6 is 0 Å². The highest BCUT2D eigenvalue weighted by atomic mass is 15.1. The third-order valence-corrected chi connectivity index (χ3v) is 6.54. The van der Waals surface area contributed by atoms with Crippen molar-refractivity contribution in [2.45, 2.75) is 0 Å². The molecular weight excluding hydrogens is 504 g/mol. The largest absolute Gasteiger partial charge is 0.311 e. The van der Waals surface area contributed by atoms with E-state index >= 15 is 0 Å². The second-order valence-electron chi connectivity index (χ2n) is 9.10. The van der Waals surface area contributed by atoms with E-state index in [0.29, 0.717) is 27.9 Å². The van der Waals surface area contributed by atoms with Gasteiger partial charge in [0.15, 0.2) is 5.69 Å². The second kappa shape index (κ2) is 11.4. The van der Waals surface area contributed by atoms with Crippen LogP contribution in [0.25, 0.3) is 27.1 Å². The zero-order valence-corrected chi connectivity index (χ0v) is 21.6. The molecule has 0 heterocycles. The molecule has 5 aromatic rings. The van der Waals surface area contributed by atoms with Crippen LogP contribution in [0.5, 0.6) is 0 Å². The highest BCUT2D eigenvalue weighted by Crippen LogP contribution is 2.37. The normalized spacial score (nSPS) is 9.83. The molecule has 0 N–H and O–H groups in total. The van der Waals surface area contributed by atoms with Crippen LogP contribution in [0.2, 0.25) is 0 Å². The van der Waals surface area contributed by atoms with Gasteiger partial charge in [0, 0.05) is 22.6 Å². The molecule has 0 bridgehead atoms. The van der Waals surface area contributed by atoms with Crippen molar-refractivity contribution in [3.05, 3.63) is 143 Å². The third-order valence-electron chi connectivity index (χ3n) is 6.54. The fourth-order valence-electron chi connectivity index (χ4n) is 4.57. The number of rotatable bonds is 5. The first-order valence-corrected chi connectivity index (χ1v) is 12.4. The molecule has 188 valence electrons. The van der Waals surface area contributed by atoms with Crippen LogP contribution in [-0.2, 0) is 0 Å². The molecule has 0 saturated heterocycles. The van der Waals surface area contributed by atoms with E-state index in [0.717, 1.165) is 39.3 Å². The summed E-state index contributed by atoms with van der Waals surface area (Å²) in [5.74, 6) is 0. The summed E-state index contributed by atoms with van der Waals surface area (Å²) in [7, 11) is 0. The molecule has 0 aliphatic heterocycles. The monoisotopic (exact) mass is 522 g/mol. The van der Waals surface area contributed by atoms with Gasteiger partial charge < -0.3 is 4.90 Å². The summed E-state index contributed by atoms with van der Waals surface area (Å²) in [6.07, 6.45) is 0. The van der Waals surface area contributed by atoms with Gasteiger partial charge in [-0.05, 0) is 107 Å². The van der Waals surface area contributed by atoms with Gasteiger partial charge in [0.25, 0.3) is 0 Å². The summed E-state index contributed by atoms with van der Waals surface area (Å²) in [6, 6.07) is 41.6. The molecule has 0 unspecified atom stereocenters. The molecule has 0 aromatic heterocycles. The van der Waals surface area contributed by atoms with E-state index in [4.69, 9.17) is 6.57 Å². The molecule has 0 aliphatic carbocycles. The van der Waals surface area contributed by atoms with Crippen molar-refractivity contribution in [3.8, 4) is 46.5 Å². The molecular formula is C35H18N6. The summed E-state index contributed by atoms with van der Waals surface area (Å²) in [5.41, 5.74) is 8.12. The number of hydrogen-bond acceptors (Lipinski definition) is 5. The smallest absolute Gasteiger partial charge is 0.189 e. The molecule has 0 spiro atoms. The van der Waals surface area contributed by atoms with Gasteiger partial charge in [-0.15, -0.1) is 0 Å². The Morgan fingerprint density at radius 3 is 1.24 bits per heavy atom. The van der Waals surface area contributed by atoms with Gasteiger partial charge in [-0.3, -0.25) is 0 Å². The molecule has 0 radical (unpaired) electrons. The Kier molecular flexibility index (Phi) is 7.22. The first kappa shape index (κ1) is 26.0. The van der Waals surface area contributed by atoms with Crippen LogP contribution in [0, 0.1) is 51.9 Å². The van der Waals surface area contributed by atoms with E-state index in [2.05, 4.69) is 34.0 Å². The van der Waals surface area contributed by atoms with Crippen LogP contribution in [0.3, 0.4) is 0 Å². The number of hydrogen-bond donors (Lipinski definition) is 0. The Labute approximate surface area is 237 Å². The molecule has 5 aromatic carbocycles. The van der Waals surface area contributed by atoms with Gasteiger partial charge >= 0.3 is 0 Å². The third kappa shape index (κ3) is 5.48. The topological polar surface area (TPSA) is 103 Å². The highest BCUT2D eigenvalue weighted by Gasteiger charge is 2.14. The van der Waals surface area contributed by atoms with Crippen molar-refractivity contribution in [2.24, 2.45) is 0 Å². The Morgan fingerprint density at radius 1 is 0.439 bits per heavy atom. The first-order chi connectivity index (χ1) is 20.0. The van der Waals surface area contributed by atoms with Crippen molar-refractivity contribution in [1.29, 1.82) is 21.0 Å². The van der Waals surface area contributed by atoms with Gasteiger partial charge in [0.05, 0.1) is 47.5 Å². The lowest BCUT2D eigenvalue weighted by molar-refractivity contribution is 1.28. The van der Waals surface area contributed by atoms with Crippen LogP contribution in [0.1, 0.15) is 22.3 Å². The van der Waals surface area contributed by atoms with Crippen LogP contribution in [0.15, 0.2) is 109 Å². The van der Waals surface area contributed by atoms with Crippen molar-refractivity contribution < 1.29 is 0 Å². The minimum Gasteiger partial charge on any atom is -0.311 e. The van der Waals surface area contributed by atoms with Crippen molar-refractivity contribution in [2.75, 3.05) is 4.90 Å². The second-order valence-corrected chi connectivity index (χ2v) is 9.10. The zero-order valence-electron chi connectivity index (χ0n) is 21.6. The van der Waals surface area contributed by atoms with E-state index in [1.807, 2.05) is 60.7 Å². The molecule has 0 aliphatic rings. The average Bonchev–Trinajstić information content (AvgIpc) is 3.05. The fourth-order valence-corrected chi connectivity index (χ4v) is 4.57. The maximum Gasteiger partial charge on any atom is 0.189 e. The van der Waals surface area contributed by atoms with Crippen LogP contribution in [-0.4, -0.2) is 0 Å². The van der Waals surface area contributed by atoms with E-state index < -0.39 is 0 Å². The Balaban J connectivity index is 1.56. The minimum absolute atomic E-state index is 0.407.